The quantitative estimate of drug-likeness (QED) is 0.641. The number of hydrogen-bond donors (Lipinski definition) is 0. The fraction of sp³-hybridized carbons (Fsp3) is 0. The maximum absolute atomic E-state index is 12.6. The van der Waals surface area contributed by atoms with Gasteiger partial charge in [-0.2, -0.15) is 0 Å². The fourth-order valence-corrected chi connectivity index (χ4v) is 0.991. The van der Waals surface area contributed by atoms with Gasteiger partial charge >= 0.3 is 0 Å². The van der Waals surface area contributed by atoms with Crippen molar-refractivity contribution in [1.82, 2.24) is 10.2 Å². The molecule has 0 N–H and O–H groups in total. The number of aromatic nitrogens is 2. The predicted molar refractivity (Wildman–Crippen MR) is 47.6 cm³/mol. The first-order valence-corrected chi connectivity index (χ1v) is 3.85. The van der Waals surface area contributed by atoms with Crippen LogP contribution in [0.3, 0.4) is 0 Å². The van der Waals surface area contributed by atoms with Gasteiger partial charge in [0.2, 0.25) is 5.89 Å². The highest BCUT2D eigenvalue weighted by Gasteiger charge is 2.05. The molecular weight excluding hydrogens is 183 g/mol. The van der Waals surface area contributed by atoms with Crippen LogP contribution in [0.1, 0.15) is 5.89 Å². The van der Waals surface area contributed by atoms with Crippen LogP contribution in [-0.4, -0.2) is 10.2 Å². The number of rotatable bonds is 1. The average Bonchev–Trinajstić information content (AvgIpc) is 2.67. The summed E-state index contributed by atoms with van der Waals surface area (Å²) in [5, 5.41) is 7.29. The van der Waals surface area contributed by atoms with Gasteiger partial charge in [0.15, 0.2) is 0 Å². The first-order valence-electron chi connectivity index (χ1n) is 3.85. The molecule has 0 unspecified atom stereocenters. The maximum atomic E-state index is 12.6. The highest BCUT2D eigenvalue weighted by Crippen LogP contribution is 2.17. The zero-order chi connectivity index (χ0) is 9.97. The zero-order valence-corrected chi connectivity index (χ0v) is 7.07. The lowest BCUT2D eigenvalue weighted by molar-refractivity contribution is 0.554. The second-order valence-electron chi connectivity index (χ2n) is 2.56. The van der Waals surface area contributed by atoms with Gasteiger partial charge in [-0.3, -0.25) is 0 Å². The van der Waals surface area contributed by atoms with Crippen molar-refractivity contribution in [2.45, 2.75) is 0 Å². The molecule has 0 aliphatic carbocycles. The maximum Gasteiger partial charge on any atom is 0.293 e. The Morgan fingerprint density at radius 3 is 2.50 bits per heavy atom. The van der Waals surface area contributed by atoms with Crippen LogP contribution >= 0.6 is 0 Å². The van der Waals surface area contributed by atoms with Gasteiger partial charge in [0.1, 0.15) is 5.82 Å². The van der Waals surface area contributed by atoms with Crippen molar-refractivity contribution < 1.29 is 8.81 Å². The van der Waals surface area contributed by atoms with E-state index in [0.29, 0.717) is 5.56 Å². The Kier molecular flexibility index (Phi) is 1.99. The SMILES string of the molecule is C#Cc1nnc(-c2ccc(F)cc2)o1. The second kappa shape index (κ2) is 3.30. The number of terminal acetylenes is 1. The Labute approximate surface area is 79.6 Å². The molecule has 1 aromatic carbocycles. The molecule has 0 saturated heterocycles. The third-order valence-electron chi connectivity index (χ3n) is 1.64. The van der Waals surface area contributed by atoms with Gasteiger partial charge in [0, 0.05) is 5.56 Å². The van der Waals surface area contributed by atoms with Crippen molar-refractivity contribution in [3.63, 3.8) is 0 Å². The van der Waals surface area contributed by atoms with E-state index in [2.05, 4.69) is 16.1 Å². The van der Waals surface area contributed by atoms with Crippen LogP contribution in [0, 0.1) is 18.2 Å². The topological polar surface area (TPSA) is 38.9 Å². The van der Waals surface area contributed by atoms with Crippen LogP contribution in [-0.2, 0) is 0 Å². The van der Waals surface area contributed by atoms with Gasteiger partial charge in [-0.1, -0.05) is 5.10 Å². The van der Waals surface area contributed by atoms with E-state index in [1.807, 2.05) is 0 Å². The smallest absolute Gasteiger partial charge is 0.293 e. The minimum Gasteiger partial charge on any atom is -0.410 e. The first kappa shape index (κ1) is 8.45. The molecule has 0 atom stereocenters. The van der Waals surface area contributed by atoms with Crippen molar-refractivity contribution in [2.24, 2.45) is 0 Å². The molecule has 0 aliphatic rings. The van der Waals surface area contributed by atoms with Crippen molar-refractivity contribution >= 4 is 0 Å². The van der Waals surface area contributed by atoms with Crippen molar-refractivity contribution in [3.8, 4) is 23.8 Å². The van der Waals surface area contributed by atoms with Crippen molar-refractivity contribution in [1.29, 1.82) is 0 Å². The van der Waals surface area contributed by atoms with E-state index in [1.54, 1.807) is 12.1 Å². The van der Waals surface area contributed by atoms with Gasteiger partial charge in [0.05, 0.1) is 0 Å². The lowest BCUT2D eigenvalue weighted by Gasteiger charge is -1.92. The monoisotopic (exact) mass is 188 g/mol. The third kappa shape index (κ3) is 1.48. The summed E-state index contributed by atoms with van der Waals surface area (Å²) >= 11 is 0. The molecule has 0 spiro atoms. The lowest BCUT2D eigenvalue weighted by Crippen LogP contribution is -1.78. The molecule has 4 heteroatoms. The van der Waals surface area contributed by atoms with E-state index in [1.165, 1.54) is 12.1 Å². The molecule has 68 valence electrons. The molecule has 0 amide bonds. The molecule has 0 radical (unpaired) electrons. The van der Waals surface area contributed by atoms with Gasteiger partial charge in [-0.25, -0.2) is 4.39 Å². The predicted octanol–water partition coefficient (Wildman–Crippen LogP) is 1.86. The van der Waals surface area contributed by atoms with E-state index in [9.17, 15) is 4.39 Å². The summed E-state index contributed by atoms with van der Waals surface area (Å²) < 4.78 is 17.7. The number of nitrogens with zero attached hydrogens (tertiary/aromatic N) is 2. The van der Waals surface area contributed by atoms with E-state index in [0.717, 1.165) is 0 Å². The molecule has 1 heterocycles. The molecule has 0 fully saturated rings. The molecule has 0 bridgehead atoms. The lowest BCUT2D eigenvalue weighted by atomic mass is 10.2. The van der Waals surface area contributed by atoms with Crippen LogP contribution in [0.5, 0.6) is 0 Å². The van der Waals surface area contributed by atoms with Crippen LogP contribution < -0.4 is 0 Å². The average molecular weight is 188 g/mol. The number of halogens is 1. The van der Waals surface area contributed by atoms with Crippen LogP contribution in [0.15, 0.2) is 28.7 Å². The molecule has 14 heavy (non-hydrogen) atoms. The summed E-state index contributed by atoms with van der Waals surface area (Å²) in [6, 6.07) is 5.72. The van der Waals surface area contributed by atoms with E-state index in [4.69, 9.17) is 10.8 Å². The molecule has 3 nitrogen and oxygen atoms in total. The Morgan fingerprint density at radius 2 is 1.93 bits per heavy atom. The van der Waals surface area contributed by atoms with Crippen LogP contribution in [0.4, 0.5) is 4.39 Å². The summed E-state index contributed by atoms with van der Waals surface area (Å²) in [7, 11) is 0. The number of hydrogen-bond acceptors (Lipinski definition) is 3. The van der Waals surface area contributed by atoms with Gasteiger partial charge < -0.3 is 4.42 Å². The summed E-state index contributed by atoms with van der Waals surface area (Å²) in [5.41, 5.74) is 0.639. The summed E-state index contributed by atoms with van der Waals surface area (Å²) in [4.78, 5) is 0. The Hall–Kier alpha value is -2.15. The fourth-order valence-electron chi connectivity index (χ4n) is 0.991. The Morgan fingerprint density at radius 1 is 1.21 bits per heavy atom. The van der Waals surface area contributed by atoms with Crippen molar-refractivity contribution in [3.05, 3.63) is 36.0 Å². The van der Waals surface area contributed by atoms with E-state index < -0.39 is 0 Å². The largest absolute Gasteiger partial charge is 0.410 e. The van der Waals surface area contributed by atoms with E-state index >= 15 is 0 Å². The van der Waals surface area contributed by atoms with E-state index in [-0.39, 0.29) is 17.6 Å². The molecule has 0 saturated carbocycles. The highest BCUT2D eigenvalue weighted by atomic mass is 19.1. The van der Waals surface area contributed by atoms with Gasteiger partial charge in [0.25, 0.3) is 5.89 Å². The molecule has 1 aromatic heterocycles. The summed E-state index contributed by atoms with van der Waals surface area (Å²) in [6.45, 7) is 0. The molecule has 2 rings (SSSR count). The van der Waals surface area contributed by atoms with Crippen LogP contribution in [0.25, 0.3) is 11.5 Å². The third-order valence-corrected chi connectivity index (χ3v) is 1.64. The number of benzene rings is 1. The zero-order valence-electron chi connectivity index (χ0n) is 7.07. The molecular formula is C10H5FN2O. The summed E-state index contributed by atoms with van der Waals surface area (Å²) in [5.74, 6) is 2.30. The summed E-state index contributed by atoms with van der Waals surface area (Å²) in [6.07, 6.45) is 5.06. The van der Waals surface area contributed by atoms with Gasteiger partial charge in [-0.15, -0.1) is 11.5 Å². The minimum absolute atomic E-state index is 0.115. The second-order valence-corrected chi connectivity index (χ2v) is 2.56. The Bertz CT molecular complexity index is 482. The Balaban J connectivity index is 2.40. The first-order chi connectivity index (χ1) is 6.79. The van der Waals surface area contributed by atoms with Crippen LogP contribution in [0.2, 0.25) is 0 Å². The molecule has 2 aromatic rings. The standard InChI is InChI=1S/C10H5FN2O/c1-2-9-12-13-10(14-9)7-3-5-8(11)6-4-7/h1,3-6H. The molecule has 0 aliphatic heterocycles. The minimum atomic E-state index is -0.314. The highest BCUT2D eigenvalue weighted by molar-refractivity contribution is 5.52. The van der Waals surface area contributed by atoms with Crippen molar-refractivity contribution in [2.75, 3.05) is 0 Å². The van der Waals surface area contributed by atoms with Gasteiger partial charge in [-0.05, 0) is 30.2 Å². The normalized spacial score (nSPS) is 9.71.